The molecule has 3 aromatic rings. The Bertz CT molecular complexity index is 978. The number of hydrogen-bond acceptors (Lipinski definition) is 6. The van der Waals surface area contributed by atoms with Gasteiger partial charge in [-0.3, -0.25) is 4.79 Å². The fourth-order valence-corrected chi connectivity index (χ4v) is 3.11. The van der Waals surface area contributed by atoms with E-state index >= 15 is 0 Å². The van der Waals surface area contributed by atoms with Gasteiger partial charge >= 0.3 is 5.97 Å². The van der Waals surface area contributed by atoms with Crippen molar-refractivity contribution in [2.45, 2.75) is 12.1 Å². The summed E-state index contributed by atoms with van der Waals surface area (Å²) in [7, 11) is 0. The predicted molar refractivity (Wildman–Crippen MR) is 108 cm³/mol. The van der Waals surface area contributed by atoms with Crippen LogP contribution in [0.3, 0.4) is 0 Å². The average Bonchev–Trinajstić information content (AvgIpc) is 3.18. The van der Waals surface area contributed by atoms with Gasteiger partial charge in [0.25, 0.3) is 0 Å². The van der Waals surface area contributed by atoms with Crippen LogP contribution >= 0.6 is 23.4 Å². The van der Waals surface area contributed by atoms with E-state index in [1.165, 1.54) is 17.8 Å². The SMILES string of the molecule is CCOC(=O)c1cc(NC(=O)CSc2ncn(-c3ccccc3)n2)ccc1Cl. The van der Waals surface area contributed by atoms with E-state index in [2.05, 4.69) is 15.4 Å². The molecule has 1 heterocycles. The number of ether oxygens (including phenoxy) is 1. The Labute approximate surface area is 171 Å². The standard InChI is InChI=1S/C19H17ClN4O3S/c1-2-27-18(26)15-10-13(8-9-16(15)20)22-17(25)11-28-19-21-12-24(23-19)14-6-4-3-5-7-14/h3-10,12H,2,11H2,1H3,(H,22,25). The zero-order valence-electron chi connectivity index (χ0n) is 15.0. The number of rotatable bonds is 7. The topological polar surface area (TPSA) is 86.1 Å². The van der Waals surface area contributed by atoms with Gasteiger partial charge in [0.1, 0.15) is 6.33 Å². The molecule has 0 unspecified atom stereocenters. The highest BCUT2D eigenvalue weighted by Gasteiger charge is 2.14. The van der Waals surface area contributed by atoms with Gasteiger partial charge in [-0.25, -0.2) is 14.5 Å². The molecule has 0 saturated heterocycles. The van der Waals surface area contributed by atoms with Crippen molar-refractivity contribution >= 4 is 40.9 Å². The third-order valence-corrected chi connectivity index (χ3v) is 4.75. The summed E-state index contributed by atoms with van der Waals surface area (Å²) in [6.45, 7) is 1.95. The van der Waals surface area contributed by atoms with Crippen LogP contribution in [0, 0.1) is 0 Å². The maximum Gasteiger partial charge on any atom is 0.339 e. The molecule has 3 rings (SSSR count). The number of nitrogens with zero attached hydrogens (tertiary/aromatic N) is 3. The molecule has 0 saturated carbocycles. The molecule has 0 fully saturated rings. The molecule has 0 bridgehead atoms. The van der Waals surface area contributed by atoms with Gasteiger partial charge in [0.15, 0.2) is 0 Å². The minimum absolute atomic E-state index is 0.121. The average molecular weight is 417 g/mol. The monoisotopic (exact) mass is 416 g/mol. The summed E-state index contributed by atoms with van der Waals surface area (Å²) in [6.07, 6.45) is 1.60. The smallest absolute Gasteiger partial charge is 0.339 e. The van der Waals surface area contributed by atoms with Crippen molar-refractivity contribution < 1.29 is 14.3 Å². The summed E-state index contributed by atoms with van der Waals surface area (Å²) in [5.74, 6) is -0.664. The van der Waals surface area contributed by atoms with Gasteiger partial charge in [0, 0.05) is 5.69 Å². The number of hydrogen-bond donors (Lipinski definition) is 1. The number of carbonyl (C=O) groups is 2. The molecule has 1 aromatic heterocycles. The number of esters is 1. The largest absolute Gasteiger partial charge is 0.462 e. The van der Waals surface area contributed by atoms with Crippen LogP contribution in [0.1, 0.15) is 17.3 Å². The summed E-state index contributed by atoms with van der Waals surface area (Å²) in [4.78, 5) is 28.3. The third-order valence-electron chi connectivity index (χ3n) is 3.57. The maximum atomic E-state index is 12.2. The lowest BCUT2D eigenvalue weighted by molar-refractivity contribution is -0.113. The summed E-state index contributed by atoms with van der Waals surface area (Å²) >= 11 is 7.23. The van der Waals surface area contributed by atoms with Crippen LogP contribution in [0.15, 0.2) is 60.0 Å². The van der Waals surface area contributed by atoms with Crippen molar-refractivity contribution in [3.63, 3.8) is 0 Å². The number of thioether (sulfide) groups is 1. The van der Waals surface area contributed by atoms with Gasteiger partial charge in [-0.1, -0.05) is 41.6 Å². The van der Waals surface area contributed by atoms with E-state index in [1.807, 2.05) is 30.3 Å². The van der Waals surface area contributed by atoms with E-state index in [0.29, 0.717) is 10.8 Å². The maximum absolute atomic E-state index is 12.2. The van der Waals surface area contributed by atoms with E-state index < -0.39 is 5.97 Å². The normalized spacial score (nSPS) is 10.5. The lowest BCUT2D eigenvalue weighted by Gasteiger charge is -2.08. The van der Waals surface area contributed by atoms with E-state index in [-0.39, 0.29) is 28.9 Å². The zero-order chi connectivity index (χ0) is 19.9. The van der Waals surface area contributed by atoms with Gasteiger partial charge in [-0.15, -0.1) is 5.10 Å². The number of para-hydroxylation sites is 1. The number of nitrogens with one attached hydrogen (secondary N) is 1. The Kier molecular flexibility index (Phi) is 6.67. The minimum Gasteiger partial charge on any atom is -0.462 e. The Hall–Kier alpha value is -2.84. The molecular weight excluding hydrogens is 400 g/mol. The Morgan fingerprint density at radius 3 is 2.75 bits per heavy atom. The van der Waals surface area contributed by atoms with Crippen LogP contribution in [0.25, 0.3) is 5.69 Å². The van der Waals surface area contributed by atoms with Crippen LogP contribution in [0.5, 0.6) is 0 Å². The van der Waals surface area contributed by atoms with Crippen molar-refractivity contribution in [1.82, 2.24) is 14.8 Å². The first-order chi connectivity index (χ1) is 13.6. The minimum atomic E-state index is -0.534. The van der Waals surface area contributed by atoms with Crippen LogP contribution < -0.4 is 5.32 Å². The Morgan fingerprint density at radius 2 is 2.00 bits per heavy atom. The molecule has 1 N–H and O–H groups in total. The van der Waals surface area contributed by atoms with Crippen molar-refractivity contribution in [3.8, 4) is 5.69 Å². The molecule has 2 aromatic carbocycles. The zero-order valence-corrected chi connectivity index (χ0v) is 16.5. The van der Waals surface area contributed by atoms with Gasteiger partial charge < -0.3 is 10.1 Å². The van der Waals surface area contributed by atoms with Crippen molar-refractivity contribution in [1.29, 1.82) is 0 Å². The van der Waals surface area contributed by atoms with E-state index in [4.69, 9.17) is 16.3 Å². The quantitative estimate of drug-likeness (QED) is 0.465. The fourth-order valence-electron chi connectivity index (χ4n) is 2.31. The van der Waals surface area contributed by atoms with E-state index in [1.54, 1.807) is 30.1 Å². The first-order valence-electron chi connectivity index (χ1n) is 8.43. The van der Waals surface area contributed by atoms with Gasteiger partial charge in [-0.2, -0.15) is 0 Å². The first kappa shape index (κ1) is 19.9. The Morgan fingerprint density at radius 1 is 1.21 bits per heavy atom. The molecular formula is C19H17ClN4O3S. The third kappa shape index (κ3) is 5.11. The molecule has 0 atom stereocenters. The number of amides is 1. The van der Waals surface area contributed by atoms with Gasteiger partial charge in [0.05, 0.1) is 28.6 Å². The Balaban J connectivity index is 1.58. The molecule has 0 radical (unpaired) electrons. The molecule has 0 aliphatic rings. The molecule has 9 heteroatoms. The summed E-state index contributed by atoms with van der Waals surface area (Å²) in [6, 6.07) is 14.2. The molecule has 0 spiro atoms. The van der Waals surface area contributed by atoms with Crippen molar-refractivity contribution in [2.75, 3.05) is 17.7 Å². The fraction of sp³-hybridized carbons (Fsp3) is 0.158. The summed E-state index contributed by atoms with van der Waals surface area (Å²) in [5, 5.41) is 7.82. The lowest BCUT2D eigenvalue weighted by atomic mass is 10.2. The number of benzene rings is 2. The highest BCUT2D eigenvalue weighted by atomic mass is 35.5. The lowest BCUT2D eigenvalue weighted by Crippen LogP contribution is -2.15. The molecule has 0 aliphatic carbocycles. The van der Waals surface area contributed by atoms with Gasteiger partial charge in [0.2, 0.25) is 11.1 Å². The van der Waals surface area contributed by atoms with Crippen LogP contribution in [0.2, 0.25) is 5.02 Å². The van der Waals surface area contributed by atoms with Gasteiger partial charge in [-0.05, 0) is 37.3 Å². The molecule has 28 heavy (non-hydrogen) atoms. The highest BCUT2D eigenvalue weighted by molar-refractivity contribution is 7.99. The van der Waals surface area contributed by atoms with Crippen molar-refractivity contribution in [2.24, 2.45) is 0 Å². The highest BCUT2D eigenvalue weighted by Crippen LogP contribution is 2.22. The number of carbonyl (C=O) groups excluding carboxylic acids is 2. The second-order valence-corrected chi connectivity index (χ2v) is 6.91. The number of halogens is 1. The molecule has 144 valence electrons. The van der Waals surface area contributed by atoms with Crippen LogP contribution in [-0.4, -0.2) is 39.0 Å². The first-order valence-corrected chi connectivity index (χ1v) is 9.79. The van der Waals surface area contributed by atoms with Crippen molar-refractivity contribution in [3.05, 3.63) is 65.4 Å². The van der Waals surface area contributed by atoms with E-state index in [9.17, 15) is 9.59 Å². The molecule has 7 nitrogen and oxygen atoms in total. The van der Waals surface area contributed by atoms with Crippen LogP contribution in [0.4, 0.5) is 5.69 Å². The second-order valence-electron chi connectivity index (χ2n) is 5.56. The number of aromatic nitrogens is 3. The summed E-state index contributed by atoms with van der Waals surface area (Å²) in [5.41, 5.74) is 1.55. The van der Waals surface area contributed by atoms with E-state index in [0.717, 1.165) is 5.69 Å². The second kappa shape index (κ2) is 9.38. The number of anilines is 1. The predicted octanol–water partition coefficient (Wildman–Crippen LogP) is 3.83. The van der Waals surface area contributed by atoms with Crippen LogP contribution in [-0.2, 0) is 9.53 Å². The molecule has 1 amide bonds. The molecule has 0 aliphatic heterocycles. The summed E-state index contributed by atoms with van der Waals surface area (Å²) < 4.78 is 6.60.